The molecular weight excluding hydrogens is 126 g/mol. The maximum atomic E-state index is 4.21. The standard InChI is InChI=1S/C7H15N3/c1-6(2)8-5-9-7(3,4)10-6/h5,10H,1-4H3,(H,8,9). The first-order valence-electron chi connectivity index (χ1n) is 3.52. The van der Waals surface area contributed by atoms with Crippen LogP contribution in [0.4, 0.5) is 0 Å². The third-order valence-electron chi connectivity index (χ3n) is 1.43. The monoisotopic (exact) mass is 141 g/mol. The van der Waals surface area contributed by atoms with E-state index in [1.54, 1.807) is 6.34 Å². The molecule has 2 N–H and O–H groups in total. The van der Waals surface area contributed by atoms with Crippen LogP contribution in [0.1, 0.15) is 27.7 Å². The fourth-order valence-electron chi connectivity index (χ4n) is 1.19. The number of hydrogen-bond acceptors (Lipinski definition) is 3. The van der Waals surface area contributed by atoms with Crippen LogP contribution in [0, 0.1) is 0 Å². The van der Waals surface area contributed by atoms with Crippen LogP contribution < -0.4 is 10.6 Å². The maximum absolute atomic E-state index is 4.21. The van der Waals surface area contributed by atoms with Gasteiger partial charge in [0.1, 0.15) is 5.66 Å². The quantitative estimate of drug-likeness (QED) is 0.520. The summed E-state index contributed by atoms with van der Waals surface area (Å²) in [4.78, 5) is 4.21. The van der Waals surface area contributed by atoms with Gasteiger partial charge < -0.3 is 5.32 Å². The highest BCUT2D eigenvalue weighted by molar-refractivity contribution is 5.57. The Morgan fingerprint density at radius 2 is 1.80 bits per heavy atom. The molecule has 1 heterocycles. The first-order valence-corrected chi connectivity index (χ1v) is 3.52. The second-order valence-electron chi connectivity index (χ2n) is 3.71. The number of aliphatic imine (C=N–C) groups is 1. The number of nitrogens with zero attached hydrogens (tertiary/aromatic N) is 1. The van der Waals surface area contributed by atoms with Gasteiger partial charge in [0.2, 0.25) is 0 Å². The lowest BCUT2D eigenvalue weighted by Crippen LogP contribution is -2.62. The van der Waals surface area contributed by atoms with Crippen molar-refractivity contribution < 1.29 is 0 Å². The molecule has 0 spiro atoms. The maximum Gasteiger partial charge on any atom is 0.108 e. The van der Waals surface area contributed by atoms with Crippen molar-refractivity contribution in [1.29, 1.82) is 0 Å². The van der Waals surface area contributed by atoms with Gasteiger partial charge in [-0.3, -0.25) is 10.3 Å². The molecule has 0 unspecified atom stereocenters. The Bertz CT molecular complexity index is 158. The van der Waals surface area contributed by atoms with Crippen molar-refractivity contribution in [3.63, 3.8) is 0 Å². The van der Waals surface area contributed by atoms with Crippen LogP contribution in [0.2, 0.25) is 0 Å². The van der Waals surface area contributed by atoms with E-state index < -0.39 is 0 Å². The highest BCUT2D eigenvalue weighted by atomic mass is 15.3. The molecule has 3 nitrogen and oxygen atoms in total. The van der Waals surface area contributed by atoms with Crippen LogP contribution in [0.5, 0.6) is 0 Å². The number of hydrogen-bond donors (Lipinski definition) is 2. The molecule has 0 aromatic heterocycles. The summed E-state index contributed by atoms with van der Waals surface area (Å²) in [6, 6.07) is 0. The van der Waals surface area contributed by atoms with E-state index in [0.29, 0.717) is 0 Å². The highest BCUT2D eigenvalue weighted by Crippen LogP contribution is 2.12. The summed E-state index contributed by atoms with van der Waals surface area (Å²) in [7, 11) is 0. The molecule has 58 valence electrons. The fraction of sp³-hybridized carbons (Fsp3) is 0.857. The third-order valence-corrected chi connectivity index (χ3v) is 1.43. The molecule has 0 radical (unpaired) electrons. The molecule has 0 aliphatic carbocycles. The van der Waals surface area contributed by atoms with Crippen LogP contribution in [-0.2, 0) is 0 Å². The first-order chi connectivity index (χ1) is 4.41. The molecule has 0 aromatic carbocycles. The van der Waals surface area contributed by atoms with Crippen molar-refractivity contribution in [1.82, 2.24) is 10.6 Å². The second-order valence-corrected chi connectivity index (χ2v) is 3.71. The molecule has 0 saturated carbocycles. The van der Waals surface area contributed by atoms with Crippen molar-refractivity contribution in [2.75, 3.05) is 0 Å². The predicted molar refractivity (Wildman–Crippen MR) is 42.9 cm³/mol. The fourth-order valence-corrected chi connectivity index (χ4v) is 1.19. The Hall–Kier alpha value is -0.570. The smallest absolute Gasteiger partial charge is 0.108 e. The molecule has 3 heteroatoms. The van der Waals surface area contributed by atoms with Crippen molar-refractivity contribution in [2.45, 2.75) is 39.0 Å². The average Bonchev–Trinajstić information content (AvgIpc) is 1.56. The summed E-state index contributed by atoms with van der Waals surface area (Å²) in [5, 5.41) is 6.43. The van der Waals surface area contributed by atoms with Gasteiger partial charge in [0.25, 0.3) is 0 Å². The molecule has 0 aromatic rings. The molecule has 1 aliphatic rings. The van der Waals surface area contributed by atoms with Gasteiger partial charge in [-0.05, 0) is 27.7 Å². The van der Waals surface area contributed by atoms with Crippen molar-refractivity contribution >= 4 is 6.34 Å². The Balaban J connectivity index is 2.73. The topological polar surface area (TPSA) is 36.4 Å². The third kappa shape index (κ3) is 1.70. The van der Waals surface area contributed by atoms with E-state index in [1.165, 1.54) is 0 Å². The second kappa shape index (κ2) is 1.95. The zero-order chi connectivity index (χ0) is 7.83. The SMILES string of the molecule is CC1(C)N=CNC(C)(C)N1. The Labute approximate surface area is 61.9 Å². The van der Waals surface area contributed by atoms with E-state index >= 15 is 0 Å². The van der Waals surface area contributed by atoms with Gasteiger partial charge in [-0.1, -0.05) is 0 Å². The Morgan fingerprint density at radius 1 is 1.20 bits per heavy atom. The molecule has 0 fully saturated rings. The van der Waals surface area contributed by atoms with Crippen molar-refractivity contribution in [3.05, 3.63) is 0 Å². The Morgan fingerprint density at radius 3 is 2.10 bits per heavy atom. The summed E-state index contributed by atoms with van der Waals surface area (Å²) in [6.07, 6.45) is 1.76. The zero-order valence-corrected chi connectivity index (χ0v) is 7.02. The minimum atomic E-state index is -0.130. The van der Waals surface area contributed by atoms with E-state index in [0.717, 1.165) is 0 Å². The highest BCUT2D eigenvalue weighted by Gasteiger charge is 2.28. The summed E-state index contributed by atoms with van der Waals surface area (Å²) in [5.74, 6) is 0. The molecule has 1 rings (SSSR count). The summed E-state index contributed by atoms with van der Waals surface area (Å²) >= 11 is 0. The van der Waals surface area contributed by atoms with Crippen LogP contribution >= 0.6 is 0 Å². The van der Waals surface area contributed by atoms with Gasteiger partial charge in [0.05, 0.1) is 12.0 Å². The molecule has 0 amide bonds. The normalized spacial score (nSPS) is 27.6. The zero-order valence-electron chi connectivity index (χ0n) is 7.02. The minimum Gasteiger partial charge on any atom is -0.359 e. The minimum absolute atomic E-state index is 0.0365. The van der Waals surface area contributed by atoms with Crippen LogP contribution in [-0.4, -0.2) is 17.7 Å². The van der Waals surface area contributed by atoms with E-state index in [-0.39, 0.29) is 11.3 Å². The van der Waals surface area contributed by atoms with Crippen molar-refractivity contribution in [3.8, 4) is 0 Å². The molecule has 0 saturated heterocycles. The van der Waals surface area contributed by atoms with E-state index in [2.05, 4.69) is 29.5 Å². The molecule has 0 bridgehead atoms. The largest absolute Gasteiger partial charge is 0.359 e. The van der Waals surface area contributed by atoms with Crippen LogP contribution in [0.3, 0.4) is 0 Å². The summed E-state index contributed by atoms with van der Waals surface area (Å²) < 4.78 is 0. The molecule has 10 heavy (non-hydrogen) atoms. The molecular formula is C7H15N3. The van der Waals surface area contributed by atoms with Crippen LogP contribution in [0.25, 0.3) is 0 Å². The Kier molecular flexibility index (Phi) is 1.47. The van der Waals surface area contributed by atoms with Gasteiger partial charge in [-0.15, -0.1) is 0 Å². The summed E-state index contributed by atoms with van der Waals surface area (Å²) in [5.41, 5.74) is -0.167. The lowest BCUT2D eigenvalue weighted by molar-refractivity contribution is 0.240. The van der Waals surface area contributed by atoms with Gasteiger partial charge >= 0.3 is 0 Å². The molecule has 0 atom stereocenters. The van der Waals surface area contributed by atoms with Crippen molar-refractivity contribution in [2.24, 2.45) is 4.99 Å². The average molecular weight is 141 g/mol. The van der Waals surface area contributed by atoms with Crippen LogP contribution in [0.15, 0.2) is 4.99 Å². The van der Waals surface area contributed by atoms with E-state index in [4.69, 9.17) is 0 Å². The first kappa shape index (κ1) is 7.54. The number of nitrogens with one attached hydrogen (secondary N) is 2. The summed E-state index contributed by atoms with van der Waals surface area (Å²) in [6.45, 7) is 8.26. The lowest BCUT2D eigenvalue weighted by Gasteiger charge is -2.38. The van der Waals surface area contributed by atoms with Gasteiger partial charge in [-0.2, -0.15) is 0 Å². The lowest BCUT2D eigenvalue weighted by atomic mass is 10.1. The van der Waals surface area contributed by atoms with Gasteiger partial charge in [-0.25, -0.2) is 0 Å². The predicted octanol–water partition coefficient (Wildman–Crippen LogP) is 0.680. The molecule has 1 aliphatic heterocycles. The van der Waals surface area contributed by atoms with Gasteiger partial charge in [0, 0.05) is 0 Å². The van der Waals surface area contributed by atoms with E-state index in [1.807, 2.05) is 13.8 Å². The van der Waals surface area contributed by atoms with E-state index in [9.17, 15) is 0 Å². The van der Waals surface area contributed by atoms with Gasteiger partial charge in [0.15, 0.2) is 0 Å². The number of rotatable bonds is 0.